The van der Waals surface area contributed by atoms with Crippen LogP contribution >= 0.6 is 15.9 Å². The third kappa shape index (κ3) is 6.19. The summed E-state index contributed by atoms with van der Waals surface area (Å²) in [7, 11) is -2.04. The predicted molar refractivity (Wildman–Crippen MR) is 166 cm³/mol. The molecule has 5 heterocycles. The first kappa shape index (κ1) is 29.8. The maximum absolute atomic E-state index is 14.5. The lowest BCUT2D eigenvalue weighted by molar-refractivity contribution is -0.137. The number of ketones is 1. The van der Waals surface area contributed by atoms with E-state index < -0.39 is 33.5 Å². The second-order valence-corrected chi connectivity index (χ2v) is 14.2. The molecule has 0 unspecified atom stereocenters. The van der Waals surface area contributed by atoms with Gasteiger partial charge in [0.05, 0.1) is 23.6 Å². The number of Topliss-reactive ketones (excluding diaryl/α,β-unsaturated/α-hetero) is 1. The molecular weight excluding hydrogens is 657 g/mol. The normalized spacial score (nSPS) is 22.9. The molecule has 0 bridgehead atoms. The summed E-state index contributed by atoms with van der Waals surface area (Å²) in [6.07, 6.45) is 1.43. The van der Waals surface area contributed by atoms with Gasteiger partial charge in [-0.05, 0) is 61.2 Å². The van der Waals surface area contributed by atoms with E-state index >= 15 is 0 Å². The summed E-state index contributed by atoms with van der Waals surface area (Å²) in [5, 5.41) is 7.57. The molecule has 2 aliphatic heterocycles. The average molecular weight is 685 g/mol. The number of aromatic nitrogens is 5. The Balaban J connectivity index is 1.21. The van der Waals surface area contributed by atoms with Gasteiger partial charge in [-0.25, -0.2) is 19.3 Å². The number of pyridine rings is 1. The summed E-state index contributed by atoms with van der Waals surface area (Å²) >= 11 is 3.24. The number of hydrogen-bond donors (Lipinski definition) is 1. The minimum atomic E-state index is -2.04. The molecular formula is C29H27BrFN7O5S. The van der Waals surface area contributed by atoms with Crippen molar-refractivity contribution in [3.63, 3.8) is 0 Å². The average Bonchev–Trinajstić information content (AvgIpc) is 3.53. The van der Waals surface area contributed by atoms with Crippen LogP contribution in [0.5, 0.6) is 6.01 Å². The van der Waals surface area contributed by atoms with Crippen LogP contribution in [0, 0.1) is 0 Å². The Morgan fingerprint density at radius 3 is 2.59 bits per heavy atom. The van der Waals surface area contributed by atoms with Crippen molar-refractivity contribution in [1.82, 2.24) is 29.6 Å². The van der Waals surface area contributed by atoms with Gasteiger partial charge in [-0.15, -0.1) is 0 Å². The Hall–Kier alpha value is -4.24. The highest BCUT2D eigenvalue weighted by Crippen LogP contribution is 2.28. The molecule has 15 heteroatoms. The molecule has 228 valence electrons. The first-order valence-corrected chi connectivity index (χ1v) is 16.5. The number of ether oxygens (including phenoxy) is 1. The van der Waals surface area contributed by atoms with Crippen molar-refractivity contribution in [2.75, 3.05) is 23.4 Å². The van der Waals surface area contributed by atoms with Crippen molar-refractivity contribution >= 4 is 65.6 Å². The van der Waals surface area contributed by atoms with E-state index in [-0.39, 0.29) is 48.9 Å². The monoisotopic (exact) mass is 683 g/mol. The minimum absolute atomic E-state index is 0.143. The van der Waals surface area contributed by atoms with Gasteiger partial charge in [-0.2, -0.15) is 5.10 Å². The van der Waals surface area contributed by atoms with E-state index in [1.54, 1.807) is 48.8 Å². The highest BCUT2D eigenvalue weighted by Gasteiger charge is 2.40. The SMILES string of the molecule is C=S1(=O)CC(Oc2ncc(-c3ccc4c(c3)c(C(C)=O)nn4CC(=O)N3C[C@H](F)C[C@H]3C(=O)Nc3cccc(Br)n3)cn2)C1. The lowest BCUT2D eigenvalue weighted by atomic mass is 10.0. The molecule has 1 N–H and O–H groups in total. The molecule has 0 aliphatic carbocycles. The van der Waals surface area contributed by atoms with Crippen molar-refractivity contribution in [3.8, 4) is 17.1 Å². The van der Waals surface area contributed by atoms with Crippen LogP contribution in [0.3, 0.4) is 0 Å². The van der Waals surface area contributed by atoms with Gasteiger partial charge in [0.1, 0.15) is 41.0 Å². The number of halogens is 2. The molecule has 3 aromatic heterocycles. The molecule has 12 nitrogen and oxygen atoms in total. The second kappa shape index (κ2) is 11.7. The van der Waals surface area contributed by atoms with Crippen molar-refractivity contribution in [3.05, 3.63) is 59.1 Å². The summed E-state index contributed by atoms with van der Waals surface area (Å²) in [5.41, 5.74) is 2.05. The molecule has 0 radical (unpaired) electrons. The number of nitrogens with one attached hydrogen (secondary N) is 1. The van der Waals surface area contributed by atoms with E-state index in [9.17, 15) is 23.0 Å². The smallest absolute Gasteiger partial charge is 0.316 e. The number of amides is 2. The number of hydrogen-bond acceptors (Lipinski definition) is 9. The number of likely N-dealkylation sites (tertiary alicyclic amines) is 1. The zero-order chi connectivity index (χ0) is 31.2. The quantitative estimate of drug-likeness (QED) is 0.168. The number of rotatable bonds is 8. The van der Waals surface area contributed by atoms with E-state index in [1.165, 1.54) is 16.5 Å². The first-order valence-electron chi connectivity index (χ1n) is 13.7. The first-order chi connectivity index (χ1) is 21.0. The Morgan fingerprint density at radius 2 is 1.91 bits per heavy atom. The van der Waals surface area contributed by atoms with Gasteiger partial charge < -0.3 is 15.0 Å². The number of anilines is 1. The van der Waals surface area contributed by atoms with Crippen LogP contribution in [-0.4, -0.2) is 93.7 Å². The third-order valence-electron chi connectivity index (χ3n) is 7.42. The highest BCUT2D eigenvalue weighted by molar-refractivity contribution is 9.10. The topological polar surface area (TPSA) is 149 Å². The zero-order valence-corrected chi connectivity index (χ0v) is 25.9. The minimum Gasteiger partial charge on any atom is -0.458 e. The van der Waals surface area contributed by atoms with Gasteiger partial charge in [-0.3, -0.25) is 23.3 Å². The largest absolute Gasteiger partial charge is 0.458 e. The zero-order valence-electron chi connectivity index (χ0n) is 23.5. The van der Waals surface area contributed by atoms with Gasteiger partial charge in [0, 0.05) is 36.7 Å². The maximum atomic E-state index is 14.5. The van der Waals surface area contributed by atoms with Gasteiger partial charge in [0.2, 0.25) is 11.8 Å². The molecule has 2 saturated heterocycles. The van der Waals surface area contributed by atoms with Gasteiger partial charge >= 0.3 is 6.01 Å². The Kier molecular flexibility index (Phi) is 7.92. The Bertz CT molecular complexity index is 1890. The Morgan fingerprint density at radius 1 is 1.16 bits per heavy atom. The van der Waals surface area contributed by atoms with E-state index in [0.29, 0.717) is 38.1 Å². The molecule has 1 aromatic carbocycles. The van der Waals surface area contributed by atoms with Gasteiger partial charge in [-0.1, -0.05) is 12.1 Å². The standard InChI is InChI=1S/C29H27BrFN7O5S/c1-16(39)27-21-8-17(18-10-32-29(33-11-18)43-20-14-44(2,42)15-20)6-7-22(21)38(36-27)13-26(40)37-12-19(31)9-23(37)28(41)35-25-5-3-4-24(30)34-25/h3-8,10-11,19-20,23H,2,9,12-15H2,1H3,(H,34,35,41)/t19-,20?,23+,44?/m1/s1. The molecule has 4 aromatic rings. The lowest BCUT2D eigenvalue weighted by Gasteiger charge is -2.29. The van der Waals surface area contributed by atoms with Gasteiger partial charge in [0.25, 0.3) is 0 Å². The summed E-state index contributed by atoms with van der Waals surface area (Å²) in [6, 6.07) is 9.40. The van der Waals surface area contributed by atoms with E-state index in [1.807, 2.05) is 0 Å². The van der Waals surface area contributed by atoms with Crippen LogP contribution in [0.25, 0.3) is 22.0 Å². The molecule has 44 heavy (non-hydrogen) atoms. The third-order valence-corrected chi connectivity index (χ3v) is 9.82. The summed E-state index contributed by atoms with van der Waals surface area (Å²) in [5.74, 6) is 3.31. The predicted octanol–water partition coefficient (Wildman–Crippen LogP) is 2.91. The molecule has 6 rings (SSSR count). The molecule has 2 aliphatic rings. The second-order valence-electron chi connectivity index (χ2n) is 10.8. The van der Waals surface area contributed by atoms with Gasteiger partial charge in [0.15, 0.2) is 5.78 Å². The van der Waals surface area contributed by atoms with Crippen LogP contribution in [0.1, 0.15) is 23.8 Å². The number of fused-ring (bicyclic) bond motifs is 1. The molecule has 2 atom stereocenters. The number of alkyl halides is 1. The molecule has 0 spiro atoms. The Labute approximate surface area is 260 Å². The number of benzene rings is 1. The van der Waals surface area contributed by atoms with E-state index in [0.717, 1.165) is 0 Å². The summed E-state index contributed by atoms with van der Waals surface area (Å²) < 4.78 is 33.9. The number of carbonyl (C=O) groups is 3. The number of nitrogens with zero attached hydrogens (tertiary/aromatic N) is 6. The van der Waals surface area contributed by atoms with Crippen molar-refractivity contribution in [2.24, 2.45) is 0 Å². The maximum Gasteiger partial charge on any atom is 0.316 e. The van der Waals surface area contributed by atoms with Crippen LogP contribution in [-0.2, 0) is 25.7 Å². The number of carbonyl (C=O) groups excluding carboxylic acids is 3. The molecule has 0 saturated carbocycles. The van der Waals surface area contributed by atoms with Crippen LogP contribution in [0.4, 0.5) is 10.2 Å². The summed E-state index contributed by atoms with van der Waals surface area (Å²) in [6.45, 7) is 0.843. The molecule has 2 amide bonds. The van der Waals surface area contributed by atoms with Crippen molar-refractivity contribution in [1.29, 1.82) is 0 Å². The van der Waals surface area contributed by atoms with Crippen LogP contribution in [0.15, 0.2) is 53.4 Å². The molecule has 2 fully saturated rings. The van der Waals surface area contributed by atoms with E-state index in [4.69, 9.17) is 4.74 Å². The van der Waals surface area contributed by atoms with Crippen molar-refractivity contribution < 1.29 is 27.7 Å². The lowest BCUT2D eigenvalue weighted by Crippen LogP contribution is -2.45. The van der Waals surface area contributed by atoms with Crippen LogP contribution < -0.4 is 10.1 Å². The van der Waals surface area contributed by atoms with E-state index in [2.05, 4.69) is 47.2 Å². The highest BCUT2D eigenvalue weighted by atomic mass is 79.9. The summed E-state index contributed by atoms with van der Waals surface area (Å²) in [4.78, 5) is 52.8. The van der Waals surface area contributed by atoms with Crippen LogP contribution in [0.2, 0.25) is 0 Å². The fourth-order valence-corrected chi connectivity index (χ4v) is 7.06. The van der Waals surface area contributed by atoms with Crippen molar-refractivity contribution in [2.45, 2.75) is 38.2 Å². The fraction of sp³-hybridized carbons (Fsp3) is 0.310. The fourth-order valence-electron chi connectivity index (χ4n) is 5.33.